The number of hydrogen-bond donors (Lipinski definition) is 2. The Morgan fingerprint density at radius 1 is 1.19 bits per heavy atom. The highest BCUT2D eigenvalue weighted by molar-refractivity contribution is 5.82. The number of carbonyl (C=O) groups is 1. The molecule has 2 rings (SSSR count). The average molecular weight is 226 g/mol. The van der Waals surface area contributed by atoms with Crippen LogP contribution < -0.4 is 11.1 Å². The highest BCUT2D eigenvalue weighted by Gasteiger charge is 2.28. The molecule has 1 aliphatic carbocycles. The first-order chi connectivity index (χ1) is 7.77. The second kappa shape index (κ2) is 5.64. The molecular weight excluding hydrogens is 204 g/mol. The lowest BCUT2D eigenvalue weighted by atomic mass is 9.91. The lowest BCUT2D eigenvalue weighted by Gasteiger charge is -2.27. The maximum atomic E-state index is 11.9. The van der Waals surface area contributed by atoms with Crippen LogP contribution in [0.5, 0.6) is 0 Å². The second-order valence-electron chi connectivity index (χ2n) is 4.97. The fraction of sp³-hybridized carbons (Fsp3) is 0.917. The van der Waals surface area contributed by atoms with Gasteiger partial charge in [0, 0.05) is 19.3 Å². The molecule has 1 amide bonds. The van der Waals surface area contributed by atoms with Gasteiger partial charge in [0.25, 0.3) is 0 Å². The van der Waals surface area contributed by atoms with Gasteiger partial charge >= 0.3 is 0 Å². The van der Waals surface area contributed by atoms with Gasteiger partial charge in [0.1, 0.15) is 0 Å². The summed E-state index contributed by atoms with van der Waals surface area (Å²) < 4.78 is 5.28. The summed E-state index contributed by atoms with van der Waals surface area (Å²) in [6.07, 6.45) is 6.53. The van der Waals surface area contributed by atoms with Crippen molar-refractivity contribution in [2.75, 3.05) is 13.2 Å². The average Bonchev–Trinajstić information content (AvgIpc) is 2.82. The van der Waals surface area contributed by atoms with Gasteiger partial charge in [-0.2, -0.15) is 0 Å². The Balaban J connectivity index is 1.78. The van der Waals surface area contributed by atoms with Crippen LogP contribution >= 0.6 is 0 Å². The zero-order chi connectivity index (χ0) is 11.4. The van der Waals surface area contributed by atoms with Crippen molar-refractivity contribution in [1.29, 1.82) is 0 Å². The molecule has 92 valence electrons. The van der Waals surface area contributed by atoms with E-state index in [1.54, 1.807) is 0 Å². The third-order valence-electron chi connectivity index (χ3n) is 3.78. The van der Waals surface area contributed by atoms with Crippen molar-refractivity contribution in [2.45, 2.75) is 50.6 Å². The van der Waals surface area contributed by atoms with E-state index in [0.29, 0.717) is 12.0 Å². The lowest BCUT2D eigenvalue weighted by molar-refractivity contribution is -0.125. The van der Waals surface area contributed by atoms with E-state index in [1.165, 1.54) is 12.8 Å². The number of nitrogens with two attached hydrogens (primary N) is 1. The van der Waals surface area contributed by atoms with Crippen molar-refractivity contribution in [3.05, 3.63) is 0 Å². The van der Waals surface area contributed by atoms with Crippen LogP contribution in [0.2, 0.25) is 0 Å². The van der Waals surface area contributed by atoms with Crippen molar-refractivity contribution in [1.82, 2.24) is 5.32 Å². The standard InChI is InChI=1S/C12H22N2O2/c13-11(9-5-7-16-8-6-9)12(15)14-10-3-1-2-4-10/h9-11H,1-8,13H2,(H,14,15). The predicted molar refractivity (Wildman–Crippen MR) is 61.9 cm³/mol. The van der Waals surface area contributed by atoms with E-state index in [2.05, 4.69) is 5.32 Å². The van der Waals surface area contributed by atoms with E-state index < -0.39 is 0 Å². The molecule has 4 nitrogen and oxygen atoms in total. The molecule has 4 heteroatoms. The topological polar surface area (TPSA) is 64.4 Å². The highest BCUT2D eigenvalue weighted by Crippen LogP contribution is 2.20. The first-order valence-corrected chi connectivity index (χ1v) is 6.41. The van der Waals surface area contributed by atoms with E-state index in [4.69, 9.17) is 10.5 Å². The Hall–Kier alpha value is -0.610. The predicted octanol–water partition coefficient (Wildman–Crippen LogP) is 0.799. The number of rotatable bonds is 3. The van der Waals surface area contributed by atoms with Crippen LogP contribution in [0.15, 0.2) is 0 Å². The largest absolute Gasteiger partial charge is 0.381 e. The van der Waals surface area contributed by atoms with E-state index in [-0.39, 0.29) is 11.9 Å². The summed E-state index contributed by atoms with van der Waals surface area (Å²) >= 11 is 0. The normalized spacial score (nSPS) is 25.6. The maximum absolute atomic E-state index is 11.9. The van der Waals surface area contributed by atoms with Crippen molar-refractivity contribution < 1.29 is 9.53 Å². The molecule has 0 bridgehead atoms. The second-order valence-corrected chi connectivity index (χ2v) is 4.97. The SMILES string of the molecule is NC(C(=O)NC1CCCC1)C1CCOCC1. The van der Waals surface area contributed by atoms with Gasteiger partial charge in [-0.25, -0.2) is 0 Å². The molecule has 0 radical (unpaired) electrons. The van der Waals surface area contributed by atoms with Gasteiger partial charge < -0.3 is 15.8 Å². The Kier molecular flexibility index (Phi) is 4.18. The number of ether oxygens (including phenoxy) is 1. The van der Waals surface area contributed by atoms with Gasteiger partial charge in [0.15, 0.2) is 0 Å². The molecule has 1 unspecified atom stereocenters. The van der Waals surface area contributed by atoms with Gasteiger partial charge in [0.2, 0.25) is 5.91 Å². The quantitative estimate of drug-likeness (QED) is 0.748. The van der Waals surface area contributed by atoms with Crippen molar-refractivity contribution >= 4 is 5.91 Å². The lowest BCUT2D eigenvalue weighted by Crippen LogP contribution is -2.49. The summed E-state index contributed by atoms with van der Waals surface area (Å²) in [5.74, 6) is 0.342. The zero-order valence-corrected chi connectivity index (χ0v) is 9.78. The Bertz CT molecular complexity index is 233. The molecule has 0 aromatic carbocycles. The molecule has 1 atom stereocenters. The first-order valence-electron chi connectivity index (χ1n) is 6.41. The summed E-state index contributed by atoms with van der Waals surface area (Å²) in [5.41, 5.74) is 6.00. The van der Waals surface area contributed by atoms with Gasteiger partial charge in [-0.15, -0.1) is 0 Å². The van der Waals surface area contributed by atoms with Gasteiger partial charge in [0.05, 0.1) is 6.04 Å². The van der Waals surface area contributed by atoms with Gasteiger partial charge in [-0.05, 0) is 31.6 Å². The highest BCUT2D eigenvalue weighted by atomic mass is 16.5. The van der Waals surface area contributed by atoms with Crippen LogP contribution in [-0.4, -0.2) is 31.2 Å². The fourth-order valence-electron chi connectivity index (χ4n) is 2.66. The molecule has 16 heavy (non-hydrogen) atoms. The molecule has 1 heterocycles. The van der Waals surface area contributed by atoms with Gasteiger partial charge in [-0.1, -0.05) is 12.8 Å². The minimum absolute atomic E-state index is 0.0406. The number of carbonyl (C=O) groups excluding carboxylic acids is 1. The fourth-order valence-corrected chi connectivity index (χ4v) is 2.66. The van der Waals surface area contributed by atoms with E-state index >= 15 is 0 Å². The first kappa shape index (κ1) is 11.9. The summed E-state index contributed by atoms with van der Waals surface area (Å²) in [5, 5.41) is 3.07. The molecule has 0 spiro atoms. The van der Waals surface area contributed by atoms with Crippen LogP contribution in [0.25, 0.3) is 0 Å². The monoisotopic (exact) mass is 226 g/mol. The number of amides is 1. The van der Waals surface area contributed by atoms with Crippen molar-refractivity contribution in [2.24, 2.45) is 11.7 Å². The minimum Gasteiger partial charge on any atom is -0.381 e. The Labute approximate surface area is 96.9 Å². The minimum atomic E-state index is -0.343. The van der Waals surface area contributed by atoms with E-state index in [0.717, 1.165) is 38.9 Å². The maximum Gasteiger partial charge on any atom is 0.237 e. The van der Waals surface area contributed by atoms with Crippen LogP contribution in [0.1, 0.15) is 38.5 Å². The summed E-state index contributed by atoms with van der Waals surface area (Å²) in [6.45, 7) is 1.49. The van der Waals surface area contributed by atoms with Crippen LogP contribution in [0.4, 0.5) is 0 Å². The Morgan fingerprint density at radius 2 is 1.81 bits per heavy atom. The Morgan fingerprint density at radius 3 is 2.44 bits per heavy atom. The van der Waals surface area contributed by atoms with Gasteiger partial charge in [-0.3, -0.25) is 4.79 Å². The summed E-state index contributed by atoms with van der Waals surface area (Å²) in [4.78, 5) is 11.9. The number of nitrogens with one attached hydrogen (secondary N) is 1. The van der Waals surface area contributed by atoms with E-state index in [9.17, 15) is 4.79 Å². The number of hydrogen-bond acceptors (Lipinski definition) is 3. The smallest absolute Gasteiger partial charge is 0.237 e. The summed E-state index contributed by atoms with van der Waals surface area (Å²) in [6, 6.07) is 0.0305. The van der Waals surface area contributed by atoms with Crippen LogP contribution in [0, 0.1) is 5.92 Å². The molecule has 2 aliphatic rings. The molecule has 1 saturated carbocycles. The molecule has 0 aromatic rings. The molecule has 0 aromatic heterocycles. The third kappa shape index (κ3) is 2.95. The zero-order valence-electron chi connectivity index (χ0n) is 9.78. The third-order valence-corrected chi connectivity index (χ3v) is 3.78. The van der Waals surface area contributed by atoms with Crippen LogP contribution in [0.3, 0.4) is 0 Å². The summed E-state index contributed by atoms with van der Waals surface area (Å²) in [7, 11) is 0. The van der Waals surface area contributed by atoms with E-state index in [1.807, 2.05) is 0 Å². The molecule has 3 N–H and O–H groups in total. The molecule has 1 aliphatic heterocycles. The van der Waals surface area contributed by atoms with Crippen molar-refractivity contribution in [3.8, 4) is 0 Å². The van der Waals surface area contributed by atoms with Crippen molar-refractivity contribution in [3.63, 3.8) is 0 Å². The molecule has 1 saturated heterocycles. The molecule has 2 fully saturated rings. The van der Waals surface area contributed by atoms with Crippen LogP contribution in [-0.2, 0) is 9.53 Å². The molecular formula is C12H22N2O2.